The van der Waals surface area contributed by atoms with E-state index >= 15 is 0 Å². The van der Waals surface area contributed by atoms with E-state index in [4.69, 9.17) is 23.2 Å². The highest BCUT2D eigenvalue weighted by Crippen LogP contribution is 2.24. The molecule has 0 fully saturated rings. The molecular weight excluding hydrogens is 373 g/mol. The standard InChI is InChI=1S/C15H13Cl2N3OS2/c1-20(7-10-3-5-13(17)23-10)14(21)8-22-15-18-11-4-2-9(16)6-12(11)19-15/h2-6H,7-8H2,1H3,(H,18,19). The minimum atomic E-state index is 0.0398. The van der Waals surface area contributed by atoms with Crippen LogP contribution in [0.4, 0.5) is 0 Å². The highest BCUT2D eigenvalue weighted by molar-refractivity contribution is 7.99. The number of thiophene rings is 1. The van der Waals surface area contributed by atoms with Gasteiger partial charge in [-0.1, -0.05) is 35.0 Å². The molecule has 2 aromatic heterocycles. The van der Waals surface area contributed by atoms with E-state index in [-0.39, 0.29) is 5.91 Å². The molecule has 4 nitrogen and oxygen atoms in total. The number of aromatic amines is 1. The molecule has 8 heteroatoms. The molecule has 2 heterocycles. The summed E-state index contributed by atoms with van der Waals surface area (Å²) in [4.78, 5) is 22.6. The molecule has 1 amide bonds. The number of fused-ring (bicyclic) bond motifs is 1. The van der Waals surface area contributed by atoms with Crippen LogP contribution < -0.4 is 0 Å². The van der Waals surface area contributed by atoms with Gasteiger partial charge in [0.15, 0.2) is 5.16 Å². The van der Waals surface area contributed by atoms with Gasteiger partial charge in [0.2, 0.25) is 5.91 Å². The van der Waals surface area contributed by atoms with E-state index in [9.17, 15) is 4.79 Å². The number of nitrogens with one attached hydrogen (secondary N) is 1. The number of halogens is 2. The van der Waals surface area contributed by atoms with Gasteiger partial charge in [0.25, 0.3) is 0 Å². The van der Waals surface area contributed by atoms with Crippen molar-refractivity contribution in [1.29, 1.82) is 0 Å². The minimum absolute atomic E-state index is 0.0398. The lowest BCUT2D eigenvalue weighted by Crippen LogP contribution is -2.27. The molecule has 0 atom stereocenters. The first-order valence-electron chi connectivity index (χ1n) is 6.77. The lowest BCUT2D eigenvalue weighted by molar-refractivity contribution is -0.127. The number of carbonyl (C=O) groups excluding carboxylic acids is 1. The highest BCUT2D eigenvalue weighted by atomic mass is 35.5. The summed E-state index contributed by atoms with van der Waals surface area (Å²) in [6, 6.07) is 9.25. The largest absolute Gasteiger partial charge is 0.340 e. The van der Waals surface area contributed by atoms with Crippen molar-refractivity contribution in [1.82, 2.24) is 14.9 Å². The van der Waals surface area contributed by atoms with Crippen LogP contribution in [0.25, 0.3) is 11.0 Å². The second kappa shape index (κ2) is 7.13. The number of carbonyl (C=O) groups is 1. The Labute approximate surface area is 151 Å². The van der Waals surface area contributed by atoms with Gasteiger partial charge in [-0.05, 0) is 30.3 Å². The van der Waals surface area contributed by atoms with Crippen molar-refractivity contribution in [3.05, 3.63) is 44.6 Å². The predicted octanol–water partition coefficient (Wildman–Crippen LogP) is 4.68. The van der Waals surface area contributed by atoms with Crippen molar-refractivity contribution >= 4 is 63.2 Å². The van der Waals surface area contributed by atoms with Crippen LogP contribution >= 0.6 is 46.3 Å². The number of H-pyrrole nitrogens is 1. The van der Waals surface area contributed by atoms with Gasteiger partial charge in [0.1, 0.15) is 0 Å². The normalized spacial score (nSPS) is 11.1. The van der Waals surface area contributed by atoms with Gasteiger partial charge in [-0.3, -0.25) is 4.79 Å². The fourth-order valence-corrected chi connectivity index (χ4v) is 4.16. The van der Waals surface area contributed by atoms with E-state index in [0.29, 0.717) is 22.5 Å². The third kappa shape index (κ3) is 4.20. The van der Waals surface area contributed by atoms with Gasteiger partial charge in [-0.15, -0.1) is 11.3 Å². The summed E-state index contributed by atoms with van der Waals surface area (Å²) < 4.78 is 0.733. The Morgan fingerprint density at radius 2 is 2.17 bits per heavy atom. The zero-order valence-electron chi connectivity index (χ0n) is 12.2. The van der Waals surface area contributed by atoms with Crippen molar-refractivity contribution in [3.8, 4) is 0 Å². The SMILES string of the molecule is CN(Cc1ccc(Cl)s1)C(=O)CSc1nc2ccc(Cl)cc2[nH]1. The van der Waals surface area contributed by atoms with Crippen LogP contribution in [0.3, 0.4) is 0 Å². The number of nitrogens with zero attached hydrogens (tertiary/aromatic N) is 2. The van der Waals surface area contributed by atoms with Gasteiger partial charge in [-0.2, -0.15) is 0 Å². The minimum Gasteiger partial charge on any atom is -0.340 e. The molecule has 0 bridgehead atoms. The smallest absolute Gasteiger partial charge is 0.233 e. The third-order valence-electron chi connectivity index (χ3n) is 3.20. The van der Waals surface area contributed by atoms with E-state index in [2.05, 4.69) is 9.97 Å². The van der Waals surface area contributed by atoms with Crippen LogP contribution in [-0.2, 0) is 11.3 Å². The third-order valence-corrected chi connectivity index (χ3v) is 5.51. The molecule has 0 saturated carbocycles. The zero-order valence-corrected chi connectivity index (χ0v) is 15.3. The van der Waals surface area contributed by atoms with E-state index in [0.717, 1.165) is 20.2 Å². The van der Waals surface area contributed by atoms with E-state index < -0.39 is 0 Å². The first-order chi connectivity index (χ1) is 11.0. The maximum absolute atomic E-state index is 12.2. The fourth-order valence-electron chi connectivity index (χ4n) is 2.03. The summed E-state index contributed by atoms with van der Waals surface area (Å²) in [7, 11) is 1.79. The van der Waals surface area contributed by atoms with Crippen molar-refractivity contribution < 1.29 is 4.79 Å². The number of amides is 1. The van der Waals surface area contributed by atoms with Gasteiger partial charge in [0, 0.05) is 16.9 Å². The predicted molar refractivity (Wildman–Crippen MR) is 97.6 cm³/mol. The van der Waals surface area contributed by atoms with Crippen LogP contribution in [0.1, 0.15) is 4.88 Å². The lowest BCUT2D eigenvalue weighted by atomic mass is 10.3. The summed E-state index contributed by atoms with van der Waals surface area (Å²) in [6.07, 6.45) is 0. The number of imidazole rings is 1. The Morgan fingerprint density at radius 3 is 2.91 bits per heavy atom. The van der Waals surface area contributed by atoms with Crippen molar-refractivity contribution in [2.24, 2.45) is 0 Å². The number of hydrogen-bond donors (Lipinski definition) is 1. The molecule has 3 rings (SSSR count). The van der Waals surface area contributed by atoms with Gasteiger partial charge < -0.3 is 9.88 Å². The molecule has 120 valence electrons. The van der Waals surface area contributed by atoms with Gasteiger partial charge >= 0.3 is 0 Å². The molecule has 1 N–H and O–H groups in total. The highest BCUT2D eigenvalue weighted by Gasteiger charge is 2.12. The van der Waals surface area contributed by atoms with E-state index in [1.165, 1.54) is 23.1 Å². The summed E-state index contributed by atoms with van der Waals surface area (Å²) in [5.41, 5.74) is 1.71. The van der Waals surface area contributed by atoms with Crippen molar-refractivity contribution in [3.63, 3.8) is 0 Å². The first kappa shape index (κ1) is 16.6. The molecule has 23 heavy (non-hydrogen) atoms. The summed E-state index contributed by atoms with van der Waals surface area (Å²) >= 11 is 14.7. The van der Waals surface area contributed by atoms with Crippen LogP contribution in [0, 0.1) is 0 Å². The Hall–Kier alpha value is -1.21. The summed E-state index contributed by atoms with van der Waals surface area (Å²) in [5.74, 6) is 0.362. The summed E-state index contributed by atoms with van der Waals surface area (Å²) in [6.45, 7) is 0.562. The number of hydrogen-bond acceptors (Lipinski definition) is 4. The average molecular weight is 386 g/mol. The second-order valence-electron chi connectivity index (χ2n) is 4.95. The van der Waals surface area contributed by atoms with Crippen molar-refractivity contribution in [2.75, 3.05) is 12.8 Å². The zero-order chi connectivity index (χ0) is 16.4. The maximum Gasteiger partial charge on any atom is 0.233 e. The molecule has 0 spiro atoms. The Bertz CT molecular complexity index is 846. The van der Waals surface area contributed by atoms with Crippen LogP contribution in [-0.4, -0.2) is 33.6 Å². The number of rotatable bonds is 5. The van der Waals surface area contributed by atoms with Crippen LogP contribution in [0.15, 0.2) is 35.5 Å². The fraction of sp³-hybridized carbons (Fsp3) is 0.200. The van der Waals surface area contributed by atoms with E-state index in [1.54, 1.807) is 18.0 Å². The molecule has 0 unspecified atom stereocenters. The molecule has 3 aromatic rings. The molecule has 0 saturated heterocycles. The molecule has 0 aliphatic rings. The maximum atomic E-state index is 12.2. The monoisotopic (exact) mass is 385 g/mol. The lowest BCUT2D eigenvalue weighted by Gasteiger charge is -2.15. The Balaban J connectivity index is 1.58. The molecule has 1 aromatic carbocycles. The molecule has 0 aliphatic carbocycles. The van der Waals surface area contributed by atoms with Crippen LogP contribution in [0.5, 0.6) is 0 Å². The Kier molecular flexibility index (Phi) is 5.16. The first-order valence-corrected chi connectivity index (χ1v) is 9.33. The summed E-state index contributed by atoms with van der Waals surface area (Å²) in [5, 5.41) is 1.37. The van der Waals surface area contributed by atoms with Crippen molar-refractivity contribution in [2.45, 2.75) is 11.7 Å². The average Bonchev–Trinajstić information content (AvgIpc) is 3.10. The molecule has 0 aliphatic heterocycles. The second-order valence-corrected chi connectivity index (χ2v) is 8.15. The molecular formula is C15H13Cl2N3OS2. The quantitative estimate of drug-likeness (QED) is 0.648. The number of aromatic nitrogens is 2. The van der Waals surface area contributed by atoms with E-state index in [1.807, 2.05) is 24.3 Å². The van der Waals surface area contributed by atoms with Gasteiger partial charge in [0.05, 0.1) is 27.7 Å². The van der Waals surface area contributed by atoms with Gasteiger partial charge in [-0.25, -0.2) is 4.98 Å². The molecule has 0 radical (unpaired) electrons. The number of benzene rings is 1. The Morgan fingerprint density at radius 1 is 1.35 bits per heavy atom. The number of thioether (sulfide) groups is 1. The van der Waals surface area contributed by atoms with Crippen LogP contribution in [0.2, 0.25) is 9.36 Å². The topological polar surface area (TPSA) is 49.0 Å².